The van der Waals surface area contributed by atoms with Gasteiger partial charge in [-0.2, -0.15) is 4.99 Å². The number of amidine groups is 1. The third kappa shape index (κ3) is 4.83. The van der Waals surface area contributed by atoms with Crippen LogP contribution in [0.1, 0.15) is 11.1 Å². The number of carbonyl (C=O) groups excluding carboxylic acids is 1. The Morgan fingerprint density at radius 3 is 2.48 bits per heavy atom. The lowest BCUT2D eigenvalue weighted by Gasteiger charge is -2.13. The van der Waals surface area contributed by atoms with Crippen molar-refractivity contribution >= 4 is 28.9 Å². The summed E-state index contributed by atoms with van der Waals surface area (Å²) in [6.45, 7) is 2.80. The molecule has 0 spiro atoms. The van der Waals surface area contributed by atoms with Gasteiger partial charge in [-0.1, -0.05) is 24.3 Å². The van der Waals surface area contributed by atoms with E-state index in [1.54, 1.807) is 25.3 Å². The van der Waals surface area contributed by atoms with E-state index >= 15 is 0 Å². The van der Waals surface area contributed by atoms with Crippen LogP contribution in [0.3, 0.4) is 0 Å². The van der Waals surface area contributed by atoms with Gasteiger partial charge in [0.2, 0.25) is 0 Å². The molecule has 0 radical (unpaired) electrons. The second-order valence-electron chi connectivity index (χ2n) is 5.74. The number of aliphatic imine (C=N–C) groups is 1. The number of nitrogens with zero attached hydrogens (tertiary/aromatic N) is 1. The van der Waals surface area contributed by atoms with Crippen LogP contribution in [0.5, 0.6) is 17.2 Å². The van der Waals surface area contributed by atoms with Gasteiger partial charge in [0.15, 0.2) is 16.7 Å². The lowest BCUT2D eigenvalue weighted by atomic mass is 10.2. The number of hydrogen-bond acceptors (Lipinski definition) is 6. The van der Waals surface area contributed by atoms with Crippen molar-refractivity contribution in [1.29, 1.82) is 0 Å². The summed E-state index contributed by atoms with van der Waals surface area (Å²) in [5.74, 6) is 1.69. The van der Waals surface area contributed by atoms with Crippen LogP contribution < -0.4 is 19.9 Å². The van der Waals surface area contributed by atoms with Gasteiger partial charge in [0.25, 0.3) is 5.91 Å². The molecule has 7 heteroatoms. The number of nitrogens with two attached hydrogens (primary N) is 1. The zero-order valence-electron chi connectivity index (χ0n) is 15.1. The van der Waals surface area contributed by atoms with Crippen LogP contribution in [0.4, 0.5) is 0 Å². The third-order valence-electron chi connectivity index (χ3n) is 3.81. The minimum Gasteiger partial charge on any atom is -0.493 e. The fourth-order valence-corrected chi connectivity index (χ4v) is 3.17. The minimum atomic E-state index is -0.329. The van der Waals surface area contributed by atoms with E-state index in [0.29, 0.717) is 29.6 Å². The maximum Gasteiger partial charge on any atom is 0.286 e. The summed E-state index contributed by atoms with van der Waals surface area (Å²) in [6, 6.07) is 13.3. The molecule has 3 rings (SSSR count). The number of para-hydroxylation sites is 1. The molecule has 2 aromatic rings. The van der Waals surface area contributed by atoms with E-state index in [4.69, 9.17) is 19.9 Å². The van der Waals surface area contributed by atoms with E-state index in [1.807, 2.05) is 37.3 Å². The molecule has 1 heterocycles. The van der Waals surface area contributed by atoms with E-state index in [1.165, 1.54) is 0 Å². The number of aryl methyl sites for hydroxylation is 1. The van der Waals surface area contributed by atoms with Crippen molar-refractivity contribution in [1.82, 2.24) is 0 Å². The molecule has 0 aromatic heterocycles. The number of methoxy groups -OCH3 is 1. The normalized spacial score (nSPS) is 15.0. The lowest BCUT2D eigenvalue weighted by molar-refractivity contribution is -0.113. The van der Waals surface area contributed by atoms with Crippen molar-refractivity contribution in [3.8, 4) is 17.2 Å². The highest BCUT2D eigenvalue weighted by molar-refractivity contribution is 8.18. The molecular formula is C20H20N2O4S. The molecule has 6 nitrogen and oxygen atoms in total. The number of ether oxygens (including phenoxy) is 3. The first kappa shape index (κ1) is 18.8. The van der Waals surface area contributed by atoms with E-state index < -0.39 is 0 Å². The van der Waals surface area contributed by atoms with E-state index in [2.05, 4.69) is 4.99 Å². The Hall–Kier alpha value is -2.93. The zero-order valence-corrected chi connectivity index (χ0v) is 15.9. The lowest BCUT2D eigenvalue weighted by Crippen LogP contribution is -2.10. The van der Waals surface area contributed by atoms with Gasteiger partial charge in [0, 0.05) is 0 Å². The second kappa shape index (κ2) is 8.64. The van der Waals surface area contributed by atoms with Crippen LogP contribution in [0.15, 0.2) is 52.4 Å². The SMILES string of the molecule is COc1cc(C=C2SC(N)=NC2=O)ccc1OCCOc1ccccc1C. The molecule has 140 valence electrons. The van der Waals surface area contributed by atoms with Crippen molar-refractivity contribution in [3.63, 3.8) is 0 Å². The van der Waals surface area contributed by atoms with Crippen LogP contribution in [0.2, 0.25) is 0 Å². The largest absolute Gasteiger partial charge is 0.493 e. The summed E-state index contributed by atoms with van der Waals surface area (Å²) in [7, 11) is 1.57. The number of rotatable bonds is 7. The van der Waals surface area contributed by atoms with Gasteiger partial charge in [0.1, 0.15) is 19.0 Å². The quantitative estimate of drug-likeness (QED) is 0.582. The van der Waals surface area contributed by atoms with Crippen LogP contribution in [-0.2, 0) is 4.79 Å². The van der Waals surface area contributed by atoms with Gasteiger partial charge in [-0.05, 0) is 54.1 Å². The number of hydrogen-bond donors (Lipinski definition) is 1. The Labute approximate surface area is 162 Å². The molecule has 0 bridgehead atoms. The van der Waals surface area contributed by atoms with E-state index in [9.17, 15) is 4.79 Å². The Morgan fingerprint density at radius 2 is 1.81 bits per heavy atom. The molecule has 2 aromatic carbocycles. The first-order valence-electron chi connectivity index (χ1n) is 8.34. The Bertz CT molecular complexity index is 909. The molecule has 1 amide bonds. The highest BCUT2D eigenvalue weighted by Crippen LogP contribution is 2.31. The Balaban J connectivity index is 1.60. The monoisotopic (exact) mass is 384 g/mol. The second-order valence-corrected chi connectivity index (χ2v) is 6.80. The van der Waals surface area contributed by atoms with Crippen LogP contribution in [0.25, 0.3) is 6.08 Å². The molecule has 1 aliphatic heterocycles. The highest BCUT2D eigenvalue weighted by Gasteiger charge is 2.19. The smallest absolute Gasteiger partial charge is 0.286 e. The van der Waals surface area contributed by atoms with Gasteiger partial charge in [0.05, 0.1) is 12.0 Å². The molecule has 0 saturated heterocycles. The van der Waals surface area contributed by atoms with E-state index in [-0.39, 0.29) is 11.1 Å². The Kier molecular flexibility index (Phi) is 6.03. The number of carbonyl (C=O) groups is 1. The molecule has 1 aliphatic rings. The maximum absolute atomic E-state index is 11.7. The minimum absolute atomic E-state index is 0.256. The maximum atomic E-state index is 11.7. The van der Waals surface area contributed by atoms with Gasteiger partial charge >= 0.3 is 0 Å². The van der Waals surface area contributed by atoms with Gasteiger partial charge in [-0.3, -0.25) is 4.79 Å². The Morgan fingerprint density at radius 1 is 1.07 bits per heavy atom. The topological polar surface area (TPSA) is 83.1 Å². The molecule has 27 heavy (non-hydrogen) atoms. The van der Waals surface area contributed by atoms with Gasteiger partial charge < -0.3 is 19.9 Å². The zero-order chi connectivity index (χ0) is 19.2. The summed E-state index contributed by atoms with van der Waals surface area (Å²) in [6.07, 6.45) is 1.73. The highest BCUT2D eigenvalue weighted by atomic mass is 32.2. The summed E-state index contributed by atoms with van der Waals surface area (Å²) in [5, 5.41) is 0.256. The standard InChI is InChI=1S/C20H20N2O4S/c1-13-5-3-4-6-15(13)25-9-10-26-16-8-7-14(11-17(16)24-2)12-18-19(23)22-20(21)27-18/h3-8,11-12H,9-10H2,1-2H3,(H2,21,22,23). The van der Waals surface area contributed by atoms with E-state index in [0.717, 1.165) is 28.6 Å². The van der Waals surface area contributed by atoms with Gasteiger partial charge in [-0.25, -0.2) is 0 Å². The van der Waals surface area contributed by atoms with Crippen LogP contribution in [-0.4, -0.2) is 31.4 Å². The van der Waals surface area contributed by atoms with Crippen LogP contribution in [0, 0.1) is 6.92 Å². The number of thioether (sulfide) groups is 1. The summed E-state index contributed by atoms with van der Waals surface area (Å²) in [5.41, 5.74) is 7.45. The fourth-order valence-electron chi connectivity index (χ4n) is 2.49. The van der Waals surface area contributed by atoms with Crippen LogP contribution >= 0.6 is 11.8 Å². The molecule has 0 unspecified atom stereocenters. The molecule has 2 N–H and O–H groups in total. The summed E-state index contributed by atoms with van der Waals surface area (Å²) < 4.78 is 16.9. The average Bonchev–Trinajstić information content (AvgIpc) is 2.97. The van der Waals surface area contributed by atoms with Crippen molar-refractivity contribution in [3.05, 3.63) is 58.5 Å². The average molecular weight is 384 g/mol. The third-order valence-corrected chi connectivity index (χ3v) is 4.63. The van der Waals surface area contributed by atoms with Crippen molar-refractivity contribution in [2.24, 2.45) is 10.7 Å². The number of benzene rings is 2. The van der Waals surface area contributed by atoms with Crippen molar-refractivity contribution < 1.29 is 19.0 Å². The molecular weight excluding hydrogens is 364 g/mol. The van der Waals surface area contributed by atoms with Crippen molar-refractivity contribution in [2.75, 3.05) is 20.3 Å². The molecule has 0 saturated carbocycles. The van der Waals surface area contributed by atoms with Crippen molar-refractivity contribution in [2.45, 2.75) is 6.92 Å². The van der Waals surface area contributed by atoms with Gasteiger partial charge in [-0.15, -0.1) is 0 Å². The predicted molar refractivity (Wildman–Crippen MR) is 107 cm³/mol. The molecule has 0 atom stereocenters. The summed E-state index contributed by atoms with van der Waals surface area (Å²) in [4.78, 5) is 15.9. The number of amides is 1. The molecule has 0 fully saturated rings. The molecule has 0 aliphatic carbocycles. The first-order valence-corrected chi connectivity index (χ1v) is 9.16. The fraction of sp³-hybridized carbons (Fsp3) is 0.200. The predicted octanol–water partition coefficient (Wildman–Crippen LogP) is 3.39. The first-order chi connectivity index (χ1) is 13.1. The summed E-state index contributed by atoms with van der Waals surface area (Å²) >= 11 is 1.15.